The summed E-state index contributed by atoms with van der Waals surface area (Å²) in [6.45, 7) is 0. The van der Waals surface area contributed by atoms with Crippen LogP contribution < -0.4 is 10.9 Å². The van der Waals surface area contributed by atoms with Gasteiger partial charge in [0.1, 0.15) is 5.69 Å². The molecule has 0 saturated carbocycles. The third kappa shape index (κ3) is 3.83. The van der Waals surface area contributed by atoms with Gasteiger partial charge in [-0.25, -0.2) is 0 Å². The monoisotopic (exact) mass is 326 g/mol. The third-order valence-electron chi connectivity index (χ3n) is 3.12. The molecule has 116 valence electrons. The number of hydrogen-bond donors (Lipinski definition) is 3. The number of hydrazine groups is 1. The van der Waals surface area contributed by atoms with E-state index in [1.54, 1.807) is 6.07 Å². The molecule has 2 heterocycles. The average Bonchev–Trinajstić information content (AvgIpc) is 3.25. The highest BCUT2D eigenvalue weighted by molar-refractivity contribution is 7.10. The van der Waals surface area contributed by atoms with Gasteiger partial charge in [-0.05, 0) is 17.5 Å². The van der Waals surface area contributed by atoms with Crippen LogP contribution in [0.3, 0.4) is 0 Å². The molecule has 1 aromatic carbocycles. The molecule has 0 saturated heterocycles. The van der Waals surface area contributed by atoms with E-state index >= 15 is 0 Å². The second kappa shape index (κ2) is 6.89. The maximum Gasteiger partial charge on any atom is 0.287 e. The van der Waals surface area contributed by atoms with Crippen molar-refractivity contribution in [2.24, 2.45) is 0 Å². The first kappa shape index (κ1) is 15.0. The van der Waals surface area contributed by atoms with Crippen molar-refractivity contribution < 1.29 is 9.59 Å². The Balaban J connectivity index is 1.56. The molecule has 3 aromatic rings. The predicted molar refractivity (Wildman–Crippen MR) is 87.7 cm³/mol. The van der Waals surface area contributed by atoms with Crippen LogP contribution in [0.25, 0.3) is 11.3 Å². The first-order chi connectivity index (χ1) is 11.2. The van der Waals surface area contributed by atoms with Crippen LogP contribution in [0.5, 0.6) is 0 Å². The molecule has 0 aliphatic rings. The second-order valence-electron chi connectivity index (χ2n) is 4.79. The predicted octanol–water partition coefficient (Wildman–Crippen LogP) is 2.14. The molecule has 0 atom stereocenters. The van der Waals surface area contributed by atoms with Crippen LogP contribution in [0.2, 0.25) is 0 Å². The molecule has 0 spiro atoms. The quantitative estimate of drug-likeness (QED) is 0.642. The number of amides is 2. The van der Waals surface area contributed by atoms with Crippen molar-refractivity contribution in [2.45, 2.75) is 6.42 Å². The minimum absolute atomic E-state index is 0.232. The van der Waals surface area contributed by atoms with Gasteiger partial charge in [0.2, 0.25) is 5.91 Å². The van der Waals surface area contributed by atoms with Gasteiger partial charge in [-0.2, -0.15) is 5.10 Å². The lowest BCUT2D eigenvalue weighted by Gasteiger charge is -2.04. The Kier molecular flexibility index (Phi) is 4.49. The van der Waals surface area contributed by atoms with E-state index in [9.17, 15) is 9.59 Å². The highest BCUT2D eigenvalue weighted by Crippen LogP contribution is 2.16. The highest BCUT2D eigenvalue weighted by atomic mass is 32.1. The summed E-state index contributed by atoms with van der Waals surface area (Å²) in [6.07, 6.45) is 0.232. The summed E-state index contributed by atoms with van der Waals surface area (Å²) in [5.41, 5.74) is 6.61. The molecule has 0 bridgehead atoms. The van der Waals surface area contributed by atoms with Crippen LogP contribution in [-0.4, -0.2) is 22.0 Å². The molecule has 3 N–H and O–H groups in total. The van der Waals surface area contributed by atoms with E-state index in [4.69, 9.17) is 0 Å². The molecule has 0 aliphatic heterocycles. The molecular weight excluding hydrogens is 312 g/mol. The molecule has 7 heteroatoms. The van der Waals surface area contributed by atoms with Crippen molar-refractivity contribution in [3.05, 3.63) is 64.5 Å². The molecular formula is C16H14N4O2S. The zero-order chi connectivity index (χ0) is 16.1. The zero-order valence-corrected chi connectivity index (χ0v) is 12.9. The van der Waals surface area contributed by atoms with E-state index in [-0.39, 0.29) is 18.0 Å². The number of carbonyl (C=O) groups is 2. The molecule has 0 fully saturated rings. The van der Waals surface area contributed by atoms with Gasteiger partial charge in [-0.1, -0.05) is 36.4 Å². The number of benzene rings is 1. The van der Waals surface area contributed by atoms with Crippen LogP contribution in [0.4, 0.5) is 0 Å². The van der Waals surface area contributed by atoms with Crippen LogP contribution in [0.1, 0.15) is 15.4 Å². The van der Waals surface area contributed by atoms with Crippen LogP contribution in [-0.2, 0) is 11.2 Å². The molecule has 0 unspecified atom stereocenters. The standard InChI is InChI=1S/C16H14N4O2S/c21-15(9-12-7-4-8-23-12)19-20-16(22)14-10-13(17-18-14)11-5-2-1-3-6-11/h1-8,10H,9H2,(H,17,18)(H,19,21)(H,20,22). The van der Waals surface area contributed by atoms with Gasteiger partial charge in [-0.15, -0.1) is 11.3 Å². The van der Waals surface area contributed by atoms with Crippen LogP contribution >= 0.6 is 11.3 Å². The van der Waals surface area contributed by atoms with Gasteiger partial charge in [0.05, 0.1) is 12.1 Å². The van der Waals surface area contributed by atoms with Crippen LogP contribution in [0, 0.1) is 0 Å². The average molecular weight is 326 g/mol. The number of aromatic amines is 1. The summed E-state index contributed by atoms with van der Waals surface area (Å²) in [4.78, 5) is 24.7. The minimum Gasteiger partial charge on any atom is -0.273 e. The molecule has 23 heavy (non-hydrogen) atoms. The number of aromatic nitrogens is 2. The normalized spacial score (nSPS) is 10.3. The van der Waals surface area contributed by atoms with Crippen molar-refractivity contribution in [2.75, 3.05) is 0 Å². The lowest BCUT2D eigenvalue weighted by molar-refractivity contribution is -0.121. The second-order valence-corrected chi connectivity index (χ2v) is 5.82. The topological polar surface area (TPSA) is 86.9 Å². The first-order valence-electron chi connectivity index (χ1n) is 6.95. The Morgan fingerprint density at radius 3 is 2.65 bits per heavy atom. The van der Waals surface area contributed by atoms with E-state index < -0.39 is 5.91 Å². The lowest BCUT2D eigenvalue weighted by Crippen LogP contribution is -2.42. The first-order valence-corrected chi connectivity index (χ1v) is 7.83. The number of hydrogen-bond acceptors (Lipinski definition) is 4. The van der Waals surface area contributed by atoms with Gasteiger partial charge in [-0.3, -0.25) is 25.5 Å². The summed E-state index contributed by atoms with van der Waals surface area (Å²) in [5, 5.41) is 8.66. The maximum atomic E-state index is 12.0. The number of nitrogens with one attached hydrogen (secondary N) is 3. The van der Waals surface area contributed by atoms with Crippen molar-refractivity contribution in [3.8, 4) is 11.3 Å². The summed E-state index contributed by atoms with van der Waals surface area (Å²) < 4.78 is 0. The molecule has 2 aromatic heterocycles. The fourth-order valence-electron chi connectivity index (χ4n) is 2.00. The number of H-pyrrole nitrogens is 1. The summed E-state index contributed by atoms with van der Waals surface area (Å²) in [7, 11) is 0. The zero-order valence-electron chi connectivity index (χ0n) is 12.1. The Bertz CT molecular complexity index is 797. The van der Waals surface area contributed by atoms with E-state index in [1.807, 2.05) is 47.8 Å². The molecule has 0 radical (unpaired) electrons. The highest BCUT2D eigenvalue weighted by Gasteiger charge is 2.12. The van der Waals surface area contributed by atoms with Gasteiger partial charge >= 0.3 is 0 Å². The summed E-state index contributed by atoms with van der Waals surface area (Å²) in [6, 6.07) is 14.9. The van der Waals surface area contributed by atoms with Crippen molar-refractivity contribution in [1.82, 2.24) is 21.0 Å². The Morgan fingerprint density at radius 1 is 1.09 bits per heavy atom. The van der Waals surface area contributed by atoms with E-state index in [2.05, 4.69) is 21.0 Å². The van der Waals surface area contributed by atoms with Gasteiger partial charge < -0.3 is 0 Å². The maximum absolute atomic E-state index is 12.0. The van der Waals surface area contributed by atoms with Crippen molar-refractivity contribution in [3.63, 3.8) is 0 Å². The van der Waals surface area contributed by atoms with E-state index in [1.165, 1.54) is 11.3 Å². The van der Waals surface area contributed by atoms with E-state index in [0.29, 0.717) is 5.69 Å². The fourth-order valence-corrected chi connectivity index (χ4v) is 2.71. The minimum atomic E-state index is -0.445. The Labute approximate surface area is 136 Å². The van der Waals surface area contributed by atoms with E-state index in [0.717, 1.165) is 10.4 Å². The summed E-state index contributed by atoms with van der Waals surface area (Å²) >= 11 is 1.49. The molecule has 3 rings (SSSR count). The molecule has 0 aliphatic carbocycles. The smallest absolute Gasteiger partial charge is 0.273 e. The van der Waals surface area contributed by atoms with Gasteiger partial charge in [0.15, 0.2) is 0 Å². The fraction of sp³-hybridized carbons (Fsp3) is 0.0625. The number of thiophene rings is 1. The SMILES string of the molecule is O=C(Cc1cccs1)NNC(=O)c1cc(-c2ccccc2)n[nH]1. The number of carbonyl (C=O) groups excluding carboxylic acids is 2. The number of rotatable bonds is 4. The van der Waals surface area contributed by atoms with Gasteiger partial charge in [0.25, 0.3) is 5.91 Å². The third-order valence-corrected chi connectivity index (χ3v) is 4.00. The number of nitrogens with zero attached hydrogens (tertiary/aromatic N) is 1. The lowest BCUT2D eigenvalue weighted by atomic mass is 10.1. The van der Waals surface area contributed by atoms with Gasteiger partial charge in [0, 0.05) is 10.4 Å². The van der Waals surface area contributed by atoms with Crippen molar-refractivity contribution >= 4 is 23.2 Å². The Morgan fingerprint density at radius 2 is 1.91 bits per heavy atom. The molecule has 2 amide bonds. The van der Waals surface area contributed by atoms with Crippen molar-refractivity contribution in [1.29, 1.82) is 0 Å². The largest absolute Gasteiger partial charge is 0.287 e. The Hall–Kier alpha value is -2.93. The summed E-state index contributed by atoms with van der Waals surface area (Å²) in [5.74, 6) is -0.720. The van der Waals surface area contributed by atoms with Crippen LogP contribution in [0.15, 0.2) is 53.9 Å². The molecule has 6 nitrogen and oxygen atoms in total.